The lowest BCUT2D eigenvalue weighted by Gasteiger charge is -2.19. The number of rotatable bonds is 4. The van der Waals surface area contributed by atoms with E-state index in [9.17, 15) is 0 Å². The zero-order chi connectivity index (χ0) is 11.3. The highest BCUT2D eigenvalue weighted by Gasteiger charge is 2.08. The fourth-order valence-electron chi connectivity index (χ4n) is 1.09. The van der Waals surface area contributed by atoms with Crippen LogP contribution in [0.5, 0.6) is 5.75 Å². The molecule has 2 nitrogen and oxygen atoms in total. The van der Waals surface area contributed by atoms with Crippen molar-refractivity contribution in [2.24, 2.45) is 0 Å². The van der Waals surface area contributed by atoms with Gasteiger partial charge in [0.15, 0.2) is 0 Å². The van der Waals surface area contributed by atoms with Crippen LogP contribution in [-0.4, -0.2) is 18.8 Å². The molecule has 83 valence electrons. The third-order valence-electron chi connectivity index (χ3n) is 1.81. The normalized spacial score (nSPS) is 11.5. The lowest BCUT2D eigenvalue weighted by molar-refractivity contribution is -0.0163. The summed E-state index contributed by atoms with van der Waals surface area (Å²) in [4.78, 5) is 0. The topological polar surface area (TPSA) is 18.5 Å². The van der Waals surface area contributed by atoms with Crippen molar-refractivity contribution in [3.8, 4) is 5.75 Å². The van der Waals surface area contributed by atoms with Crippen molar-refractivity contribution in [2.75, 3.05) is 13.2 Å². The molecule has 0 aliphatic carbocycles. The summed E-state index contributed by atoms with van der Waals surface area (Å²) in [6, 6.07) is 7.69. The van der Waals surface area contributed by atoms with E-state index in [4.69, 9.17) is 9.47 Å². The van der Waals surface area contributed by atoms with Gasteiger partial charge in [-0.2, -0.15) is 0 Å². The maximum atomic E-state index is 5.54. The van der Waals surface area contributed by atoms with Crippen molar-refractivity contribution in [3.63, 3.8) is 0 Å². The average Bonchev–Trinajstić information content (AvgIpc) is 2.14. The van der Waals surface area contributed by atoms with E-state index < -0.39 is 0 Å². The van der Waals surface area contributed by atoms with E-state index in [1.807, 2.05) is 45.0 Å². The first-order valence-electron chi connectivity index (χ1n) is 5.16. The molecule has 0 aliphatic rings. The molecule has 1 aromatic carbocycles. The van der Waals surface area contributed by atoms with Gasteiger partial charge in [0.05, 0.1) is 12.2 Å². The van der Waals surface area contributed by atoms with E-state index in [0.29, 0.717) is 13.2 Å². The van der Waals surface area contributed by atoms with Crippen LogP contribution >= 0.6 is 0 Å². The molecule has 0 aliphatic heterocycles. The van der Waals surface area contributed by atoms with Crippen LogP contribution < -0.4 is 4.74 Å². The van der Waals surface area contributed by atoms with Crippen molar-refractivity contribution in [1.29, 1.82) is 0 Å². The van der Waals surface area contributed by atoms with Crippen LogP contribution in [-0.2, 0) is 4.74 Å². The Morgan fingerprint density at radius 2 is 1.67 bits per heavy atom. The van der Waals surface area contributed by atoms with E-state index >= 15 is 0 Å². The molecule has 15 heavy (non-hydrogen) atoms. The Morgan fingerprint density at radius 3 is 2.20 bits per heavy atom. The molecule has 0 bridgehead atoms. The van der Waals surface area contributed by atoms with Crippen molar-refractivity contribution in [1.82, 2.24) is 0 Å². The van der Waals surface area contributed by atoms with Crippen LogP contribution in [0, 0.1) is 6.92 Å². The van der Waals surface area contributed by atoms with Crippen molar-refractivity contribution in [3.05, 3.63) is 36.8 Å². The third-order valence-corrected chi connectivity index (χ3v) is 1.81. The minimum absolute atomic E-state index is 0.0967. The minimum atomic E-state index is -0.0967. The molecule has 0 fully saturated rings. The maximum Gasteiger partial charge on any atom is 0.119 e. The molecule has 1 radical (unpaired) electrons. The molecular weight excluding hydrogens is 188 g/mol. The Labute approximate surface area is 92.2 Å². The van der Waals surface area contributed by atoms with Gasteiger partial charge in [-0.15, -0.1) is 0 Å². The van der Waals surface area contributed by atoms with E-state index in [1.54, 1.807) is 0 Å². The van der Waals surface area contributed by atoms with Gasteiger partial charge < -0.3 is 9.47 Å². The molecule has 0 amide bonds. The first-order valence-corrected chi connectivity index (χ1v) is 5.16. The van der Waals surface area contributed by atoms with E-state index in [1.165, 1.54) is 0 Å². The van der Waals surface area contributed by atoms with Crippen LogP contribution in [0.15, 0.2) is 24.3 Å². The highest BCUT2D eigenvalue weighted by Crippen LogP contribution is 2.11. The second kappa shape index (κ2) is 5.17. The Morgan fingerprint density at radius 1 is 1.07 bits per heavy atom. The fourth-order valence-corrected chi connectivity index (χ4v) is 1.09. The predicted molar refractivity (Wildman–Crippen MR) is 62.1 cm³/mol. The highest BCUT2D eigenvalue weighted by atomic mass is 16.5. The number of benzene rings is 1. The fraction of sp³-hybridized carbons (Fsp3) is 0.462. The van der Waals surface area contributed by atoms with Gasteiger partial charge in [0.1, 0.15) is 12.4 Å². The Balaban J connectivity index is 2.23. The van der Waals surface area contributed by atoms with Gasteiger partial charge in [-0.05, 0) is 45.4 Å². The Bertz CT molecular complexity index is 282. The summed E-state index contributed by atoms with van der Waals surface area (Å²) in [6.07, 6.45) is 0. The smallest absolute Gasteiger partial charge is 0.119 e. The molecule has 0 N–H and O–H groups in total. The van der Waals surface area contributed by atoms with E-state index in [-0.39, 0.29) is 5.60 Å². The first-order chi connectivity index (χ1) is 6.97. The van der Waals surface area contributed by atoms with Crippen LogP contribution in [0.2, 0.25) is 0 Å². The monoisotopic (exact) mass is 207 g/mol. The standard InChI is InChI=1S/C13H19O2/c1-11-5-7-12(8-6-11)14-9-10-15-13(2,3)4/h5-8H,1,9-10H2,2-4H3. The SMILES string of the molecule is [CH2]c1ccc(OCCOC(C)(C)C)cc1. The number of hydrogen-bond donors (Lipinski definition) is 0. The summed E-state index contributed by atoms with van der Waals surface area (Å²) in [7, 11) is 0. The molecule has 1 rings (SSSR count). The number of hydrogen-bond acceptors (Lipinski definition) is 2. The zero-order valence-electron chi connectivity index (χ0n) is 9.75. The first kappa shape index (κ1) is 12.1. The summed E-state index contributed by atoms with van der Waals surface area (Å²) >= 11 is 0. The minimum Gasteiger partial charge on any atom is -0.491 e. The largest absolute Gasteiger partial charge is 0.491 e. The van der Waals surface area contributed by atoms with Crippen molar-refractivity contribution < 1.29 is 9.47 Å². The summed E-state index contributed by atoms with van der Waals surface area (Å²) < 4.78 is 11.0. The molecule has 1 aromatic rings. The molecule has 0 unspecified atom stereocenters. The highest BCUT2D eigenvalue weighted by molar-refractivity contribution is 5.28. The van der Waals surface area contributed by atoms with E-state index in [2.05, 4.69) is 6.92 Å². The maximum absolute atomic E-state index is 5.54. The molecule has 0 saturated carbocycles. The molecule has 0 spiro atoms. The Kier molecular flexibility index (Phi) is 4.15. The summed E-state index contributed by atoms with van der Waals surface area (Å²) in [6.45, 7) is 11.1. The van der Waals surface area contributed by atoms with Gasteiger partial charge in [-0.25, -0.2) is 0 Å². The Hall–Kier alpha value is -1.02. The van der Waals surface area contributed by atoms with Crippen LogP contribution in [0.4, 0.5) is 0 Å². The van der Waals surface area contributed by atoms with Crippen LogP contribution in [0.3, 0.4) is 0 Å². The van der Waals surface area contributed by atoms with Gasteiger partial charge >= 0.3 is 0 Å². The lowest BCUT2D eigenvalue weighted by Crippen LogP contribution is -2.22. The van der Waals surface area contributed by atoms with Gasteiger partial charge in [-0.1, -0.05) is 12.1 Å². The molecule has 0 heterocycles. The second-order valence-electron chi connectivity index (χ2n) is 4.45. The molecule has 0 atom stereocenters. The molecule has 0 aromatic heterocycles. The molecule has 0 saturated heterocycles. The van der Waals surface area contributed by atoms with Gasteiger partial charge in [0.2, 0.25) is 0 Å². The molecule has 2 heteroatoms. The van der Waals surface area contributed by atoms with Crippen LogP contribution in [0.1, 0.15) is 26.3 Å². The summed E-state index contributed by atoms with van der Waals surface area (Å²) in [5, 5.41) is 0. The average molecular weight is 207 g/mol. The number of ether oxygens (including phenoxy) is 2. The second-order valence-corrected chi connectivity index (χ2v) is 4.45. The summed E-state index contributed by atoms with van der Waals surface area (Å²) in [5.41, 5.74) is 0.897. The van der Waals surface area contributed by atoms with E-state index in [0.717, 1.165) is 11.3 Å². The lowest BCUT2D eigenvalue weighted by atomic mass is 10.2. The van der Waals surface area contributed by atoms with Crippen LogP contribution in [0.25, 0.3) is 0 Å². The van der Waals surface area contributed by atoms with Gasteiger partial charge in [0, 0.05) is 0 Å². The van der Waals surface area contributed by atoms with Crippen molar-refractivity contribution in [2.45, 2.75) is 26.4 Å². The molecular formula is C13H19O2. The summed E-state index contributed by atoms with van der Waals surface area (Å²) in [5.74, 6) is 0.861. The van der Waals surface area contributed by atoms with Gasteiger partial charge in [0.25, 0.3) is 0 Å². The quantitative estimate of drug-likeness (QED) is 0.706. The predicted octanol–water partition coefficient (Wildman–Crippen LogP) is 3.06. The third kappa shape index (κ3) is 5.43. The van der Waals surface area contributed by atoms with Crippen molar-refractivity contribution >= 4 is 0 Å². The zero-order valence-corrected chi connectivity index (χ0v) is 9.75. The van der Waals surface area contributed by atoms with Gasteiger partial charge in [-0.3, -0.25) is 0 Å².